The third-order valence-corrected chi connectivity index (χ3v) is 10.8. The first-order valence-electron chi connectivity index (χ1n) is 14.0. The van der Waals surface area contributed by atoms with Crippen LogP contribution in [0.5, 0.6) is 0 Å². The molecule has 0 radical (unpaired) electrons. The van der Waals surface area contributed by atoms with Gasteiger partial charge in [0.25, 0.3) is 11.6 Å². The van der Waals surface area contributed by atoms with E-state index in [9.17, 15) is 24.8 Å². The number of para-hydroxylation sites is 1. The first-order valence-corrected chi connectivity index (χ1v) is 16.9. The van der Waals surface area contributed by atoms with Gasteiger partial charge in [0.05, 0.1) is 29.7 Å². The Balaban J connectivity index is 1.57. The number of aliphatic hydroxyl groups excluding tert-OH is 1. The molecule has 0 saturated carbocycles. The van der Waals surface area contributed by atoms with Crippen molar-refractivity contribution in [1.29, 1.82) is 0 Å². The molecule has 1 fully saturated rings. The number of nitrogens with zero attached hydrogens (tertiary/aromatic N) is 3. The quantitative estimate of drug-likeness (QED) is 0.153. The van der Waals surface area contributed by atoms with Crippen molar-refractivity contribution in [1.82, 2.24) is 4.90 Å². The van der Waals surface area contributed by atoms with E-state index in [1.54, 1.807) is 31.2 Å². The first kappa shape index (κ1) is 29.6. The second-order valence-corrected chi connectivity index (χ2v) is 15.2. The molecule has 1 N–H and O–H groups in total. The largest absolute Gasteiger partial charge is 0.395 e. The number of fused-ring (bicyclic) bond motifs is 2. The van der Waals surface area contributed by atoms with Gasteiger partial charge in [-0.1, -0.05) is 55.5 Å². The van der Waals surface area contributed by atoms with Gasteiger partial charge in [0, 0.05) is 47.9 Å². The maximum atomic E-state index is 16.2. The number of benzene rings is 3. The minimum Gasteiger partial charge on any atom is -0.395 e. The van der Waals surface area contributed by atoms with Crippen LogP contribution in [0.4, 0.5) is 21.2 Å². The Labute approximate surface area is 244 Å². The Bertz CT molecular complexity index is 1480. The molecule has 4 atom stereocenters. The number of anilines is 2. The van der Waals surface area contributed by atoms with E-state index in [0.29, 0.717) is 16.9 Å². The highest BCUT2D eigenvalue weighted by Gasteiger charge is 2.67. The Morgan fingerprint density at radius 1 is 1.12 bits per heavy atom. The van der Waals surface area contributed by atoms with Gasteiger partial charge in [0.2, 0.25) is 14.3 Å². The summed E-state index contributed by atoms with van der Waals surface area (Å²) in [6, 6.07) is 22.4. The summed E-state index contributed by atoms with van der Waals surface area (Å²) in [5.74, 6) is -1.52. The van der Waals surface area contributed by atoms with Crippen LogP contribution in [0.15, 0.2) is 78.9 Å². The second-order valence-electron chi connectivity index (χ2n) is 11.4. The zero-order valence-corrected chi connectivity index (χ0v) is 24.8. The molecule has 42 heavy (non-hydrogen) atoms. The van der Waals surface area contributed by atoms with Crippen molar-refractivity contribution in [3.63, 3.8) is 0 Å². The maximum absolute atomic E-state index is 16.2. The van der Waals surface area contributed by atoms with E-state index in [2.05, 4.69) is 0 Å². The van der Waals surface area contributed by atoms with Gasteiger partial charge >= 0.3 is 0 Å². The van der Waals surface area contributed by atoms with Crippen molar-refractivity contribution in [3.05, 3.63) is 100 Å². The van der Waals surface area contributed by atoms with Gasteiger partial charge in [-0.2, -0.15) is 0 Å². The van der Waals surface area contributed by atoms with Crippen LogP contribution in [-0.4, -0.2) is 54.4 Å². The number of carbonyl (C=O) groups excluding carboxylic acids is 2. The Hall–Kier alpha value is -3.93. The Morgan fingerprint density at radius 3 is 2.36 bits per heavy atom. The van der Waals surface area contributed by atoms with Gasteiger partial charge < -0.3 is 18.9 Å². The van der Waals surface area contributed by atoms with Crippen LogP contribution < -0.4 is 4.90 Å². The average Bonchev–Trinajstić information content (AvgIpc) is 3.39. The molecule has 11 heteroatoms. The molecule has 0 aromatic heterocycles. The molecule has 9 nitrogen and oxygen atoms in total. The number of rotatable bonds is 9. The molecule has 2 amide bonds. The number of aliphatic hydroxyl groups is 1. The number of carbonyl (C=O) groups is 2. The molecule has 2 aliphatic rings. The third-order valence-electron chi connectivity index (χ3n) is 8.39. The molecule has 0 aliphatic carbocycles. The minimum atomic E-state index is -3.58. The summed E-state index contributed by atoms with van der Waals surface area (Å²) in [6.45, 7) is 4.90. The van der Waals surface area contributed by atoms with E-state index in [-0.39, 0.29) is 37.7 Å². The van der Waals surface area contributed by atoms with E-state index in [1.165, 1.54) is 41.1 Å². The Kier molecular flexibility index (Phi) is 8.01. The lowest BCUT2D eigenvalue weighted by atomic mass is 9.82. The first-order chi connectivity index (χ1) is 20.0. The van der Waals surface area contributed by atoms with Crippen molar-refractivity contribution < 1.29 is 28.5 Å². The Morgan fingerprint density at radius 2 is 1.76 bits per heavy atom. The lowest BCUT2D eigenvalue weighted by Crippen LogP contribution is -2.44. The van der Waals surface area contributed by atoms with Gasteiger partial charge in [-0.15, -0.1) is 0 Å². The number of nitro groups is 1. The van der Waals surface area contributed by atoms with Gasteiger partial charge in [-0.3, -0.25) is 24.6 Å². The highest BCUT2D eigenvalue weighted by Crippen LogP contribution is 2.61. The van der Waals surface area contributed by atoms with Crippen LogP contribution >= 0.6 is 0 Å². The van der Waals surface area contributed by atoms with Gasteiger partial charge in [-0.05, 0) is 36.9 Å². The fourth-order valence-electron chi connectivity index (χ4n) is 6.63. The molecule has 1 spiro atoms. The minimum absolute atomic E-state index is 0.0813. The van der Waals surface area contributed by atoms with Gasteiger partial charge in [-0.25, -0.2) is 0 Å². The number of halogens is 1. The highest BCUT2D eigenvalue weighted by molar-refractivity contribution is 6.72. The average molecular weight is 592 g/mol. The van der Waals surface area contributed by atoms with Crippen LogP contribution in [0.1, 0.15) is 24.5 Å². The standard InChI is InChI=1S/C31H34FN3O6Si/c1-21-29(42(2,3)32)27(19-28(37)33(16-17-36)20-22-10-6-4-7-11-22)41-31(21)25-18-24(35(39)40)14-15-26(25)34(30(31)38)23-12-8-5-9-13-23/h4-15,18,21,27,29,36H,16-17,19-20H2,1-3H3/t21-,27+,29-,31+/m1/s1. The van der Waals surface area contributed by atoms with E-state index in [4.69, 9.17) is 4.74 Å². The number of nitro benzene ring substituents is 1. The lowest BCUT2D eigenvalue weighted by molar-refractivity contribution is -0.385. The summed E-state index contributed by atoms with van der Waals surface area (Å²) < 4.78 is 22.8. The van der Waals surface area contributed by atoms with E-state index >= 15 is 4.11 Å². The molecule has 0 unspecified atom stereocenters. The molecule has 3 aromatic carbocycles. The van der Waals surface area contributed by atoms with Crippen LogP contribution in [0, 0.1) is 16.0 Å². The monoisotopic (exact) mass is 591 g/mol. The summed E-state index contributed by atoms with van der Waals surface area (Å²) in [6.07, 6.45) is -1.16. The second kappa shape index (κ2) is 11.4. The molecule has 5 rings (SSSR count). The smallest absolute Gasteiger partial charge is 0.269 e. The number of amides is 2. The molecule has 0 bridgehead atoms. The molecule has 2 aliphatic heterocycles. The predicted molar refractivity (Wildman–Crippen MR) is 158 cm³/mol. The molecular weight excluding hydrogens is 557 g/mol. The van der Waals surface area contributed by atoms with Crippen molar-refractivity contribution in [2.24, 2.45) is 5.92 Å². The molecular formula is C31H34FN3O6Si. The molecule has 3 aromatic rings. The lowest BCUT2D eigenvalue weighted by Gasteiger charge is -2.31. The fraction of sp³-hybridized carbons (Fsp3) is 0.355. The molecule has 220 valence electrons. The van der Waals surface area contributed by atoms with Crippen LogP contribution in [0.3, 0.4) is 0 Å². The van der Waals surface area contributed by atoms with Crippen molar-refractivity contribution in [3.8, 4) is 0 Å². The number of ether oxygens (including phenoxy) is 1. The summed E-state index contributed by atoms with van der Waals surface area (Å²) in [7, 11) is -3.58. The van der Waals surface area contributed by atoms with E-state index in [1.807, 2.05) is 36.4 Å². The van der Waals surface area contributed by atoms with Crippen LogP contribution in [-0.2, 0) is 26.5 Å². The van der Waals surface area contributed by atoms with Crippen LogP contribution in [0.25, 0.3) is 0 Å². The zero-order valence-electron chi connectivity index (χ0n) is 23.8. The predicted octanol–water partition coefficient (Wildman–Crippen LogP) is 5.46. The number of non-ortho nitro benzene ring substituents is 1. The van der Waals surface area contributed by atoms with Gasteiger partial charge in [0.15, 0.2) is 5.60 Å². The van der Waals surface area contributed by atoms with Crippen molar-refractivity contribution >= 4 is 37.3 Å². The van der Waals surface area contributed by atoms with Crippen LogP contribution in [0.2, 0.25) is 18.6 Å². The van der Waals surface area contributed by atoms with Crippen molar-refractivity contribution in [2.75, 3.05) is 18.1 Å². The van der Waals surface area contributed by atoms with Crippen molar-refractivity contribution in [2.45, 2.75) is 50.2 Å². The maximum Gasteiger partial charge on any atom is 0.269 e. The summed E-state index contributed by atoms with van der Waals surface area (Å²) in [5, 5.41) is 21.5. The summed E-state index contributed by atoms with van der Waals surface area (Å²) in [4.78, 5) is 42.3. The zero-order chi connectivity index (χ0) is 30.2. The topological polar surface area (TPSA) is 113 Å². The molecule has 2 heterocycles. The molecule has 1 saturated heterocycles. The normalized spacial score (nSPS) is 23.3. The summed E-state index contributed by atoms with van der Waals surface area (Å²) in [5.41, 5.74) is -0.539. The number of hydrogen-bond acceptors (Lipinski definition) is 6. The number of hydrogen-bond donors (Lipinski definition) is 1. The fourth-order valence-corrected chi connectivity index (χ4v) is 9.12. The van der Waals surface area contributed by atoms with E-state index < -0.39 is 42.4 Å². The van der Waals surface area contributed by atoms with Gasteiger partial charge in [0.1, 0.15) is 0 Å². The van der Waals surface area contributed by atoms with E-state index in [0.717, 1.165) is 5.56 Å². The SMILES string of the molecule is C[C@@H]1[C@@H]([Si](C)(C)F)[C@H](CC(=O)N(CCO)Cc2ccccc2)O[C@@]12C(=O)N(c1ccccc1)c1ccc([N+](=O)[O-])cc12. The third kappa shape index (κ3) is 5.12. The highest BCUT2D eigenvalue weighted by atomic mass is 28.4. The summed E-state index contributed by atoms with van der Waals surface area (Å²) >= 11 is 0.